The molecule has 1 aromatic carbocycles. The Kier molecular flexibility index (Phi) is 4.30. The third-order valence-electron chi connectivity index (χ3n) is 4.49. The van der Waals surface area contributed by atoms with E-state index in [4.69, 9.17) is 9.15 Å². The molecule has 1 amide bonds. The number of nitrogens with zero attached hydrogens (tertiary/aromatic N) is 2. The van der Waals surface area contributed by atoms with Crippen LogP contribution in [0.4, 0.5) is 15.9 Å². The zero-order chi connectivity index (χ0) is 18.1. The second-order valence-corrected chi connectivity index (χ2v) is 6.13. The number of ether oxygens (including phenoxy) is 1. The first-order valence-corrected chi connectivity index (χ1v) is 8.41. The van der Waals surface area contributed by atoms with Crippen molar-refractivity contribution in [3.05, 3.63) is 53.7 Å². The van der Waals surface area contributed by atoms with Crippen LogP contribution < -0.4 is 10.2 Å². The third-order valence-corrected chi connectivity index (χ3v) is 4.49. The number of fused-ring (bicyclic) bond motifs is 1. The van der Waals surface area contributed by atoms with Crippen LogP contribution in [0.3, 0.4) is 0 Å². The smallest absolute Gasteiger partial charge is 0.292 e. The number of carbonyl (C=O) groups is 1. The monoisotopic (exact) mass is 355 g/mol. The van der Waals surface area contributed by atoms with Gasteiger partial charge in [0.1, 0.15) is 5.82 Å². The number of carbonyl (C=O) groups excluding carboxylic acids is 1. The molecule has 3 aromatic rings. The lowest BCUT2D eigenvalue weighted by molar-refractivity contribution is 0.0997. The average molecular weight is 355 g/mol. The quantitative estimate of drug-likeness (QED) is 0.780. The van der Waals surface area contributed by atoms with E-state index in [-0.39, 0.29) is 11.3 Å². The number of benzene rings is 1. The molecule has 1 N–H and O–H groups in total. The topological polar surface area (TPSA) is 67.6 Å². The summed E-state index contributed by atoms with van der Waals surface area (Å²) in [6, 6.07) is 8.26. The van der Waals surface area contributed by atoms with Gasteiger partial charge < -0.3 is 19.4 Å². The summed E-state index contributed by atoms with van der Waals surface area (Å²) >= 11 is 0. The summed E-state index contributed by atoms with van der Waals surface area (Å²) in [6.45, 7) is 4.75. The third kappa shape index (κ3) is 3.01. The molecule has 0 bridgehead atoms. The number of anilines is 2. The van der Waals surface area contributed by atoms with Gasteiger partial charge >= 0.3 is 0 Å². The Balaban J connectivity index is 1.53. The lowest BCUT2D eigenvalue weighted by atomic mass is 10.1. The van der Waals surface area contributed by atoms with Crippen molar-refractivity contribution in [3.63, 3.8) is 0 Å². The number of hydrogen-bond acceptors (Lipinski definition) is 5. The van der Waals surface area contributed by atoms with E-state index < -0.39 is 11.7 Å². The molecule has 3 heterocycles. The Morgan fingerprint density at radius 1 is 1.23 bits per heavy atom. The molecule has 0 spiro atoms. The Labute approximate surface area is 149 Å². The minimum absolute atomic E-state index is 0.0872. The summed E-state index contributed by atoms with van der Waals surface area (Å²) in [5, 5.41) is 3.29. The predicted octanol–water partition coefficient (Wildman–Crippen LogP) is 3.36. The molecule has 0 unspecified atom stereocenters. The van der Waals surface area contributed by atoms with Gasteiger partial charge in [-0.15, -0.1) is 0 Å². The molecule has 0 atom stereocenters. The predicted molar refractivity (Wildman–Crippen MR) is 96.1 cm³/mol. The average Bonchev–Trinajstić information content (AvgIpc) is 3.01. The number of pyridine rings is 1. The van der Waals surface area contributed by atoms with E-state index in [1.807, 2.05) is 6.07 Å². The number of halogens is 1. The van der Waals surface area contributed by atoms with Gasteiger partial charge in [-0.2, -0.15) is 0 Å². The van der Waals surface area contributed by atoms with E-state index in [9.17, 15) is 9.18 Å². The molecule has 134 valence electrons. The van der Waals surface area contributed by atoms with Gasteiger partial charge in [0.05, 0.1) is 25.1 Å². The minimum Gasteiger partial charge on any atom is -0.448 e. The molecule has 1 aliphatic rings. The number of rotatable bonds is 3. The molecule has 0 aliphatic carbocycles. The van der Waals surface area contributed by atoms with Crippen LogP contribution in [0, 0.1) is 12.7 Å². The summed E-state index contributed by atoms with van der Waals surface area (Å²) in [5.41, 5.74) is 1.67. The number of morpholine rings is 1. The van der Waals surface area contributed by atoms with Crippen LogP contribution in [0.5, 0.6) is 0 Å². The van der Waals surface area contributed by atoms with E-state index in [0.29, 0.717) is 30.0 Å². The maximum atomic E-state index is 13.8. The van der Waals surface area contributed by atoms with Crippen LogP contribution in [-0.2, 0) is 4.74 Å². The highest BCUT2D eigenvalue weighted by Crippen LogP contribution is 2.27. The van der Waals surface area contributed by atoms with Crippen molar-refractivity contribution in [1.29, 1.82) is 0 Å². The molecule has 0 radical (unpaired) electrons. The van der Waals surface area contributed by atoms with Crippen molar-refractivity contribution < 1.29 is 18.3 Å². The first-order chi connectivity index (χ1) is 12.6. The number of para-hydroxylation sites is 1. The Bertz CT molecular complexity index is 947. The van der Waals surface area contributed by atoms with Crippen molar-refractivity contribution in [2.75, 3.05) is 36.5 Å². The largest absolute Gasteiger partial charge is 0.448 e. The maximum Gasteiger partial charge on any atom is 0.292 e. The van der Waals surface area contributed by atoms with Crippen LogP contribution in [0.25, 0.3) is 11.0 Å². The lowest BCUT2D eigenvalue weighted by Crippen LogP contribution is -2.36. The Morgan fingerprint density at radius 3 is 2.73 bits per heavy atom. The number of amides is 1. The molecule has 2 aromatic heterocycles. The van der Waals surface area contributed by atoms with Gasteiger partial charge in [0.2, 0.25) is 0 Å². The second kappa shape index (κ2) is 6.76. The first kappa shape index (κ1) is 16.5. The van der Waals surface area contributed by atoms with Gasteiger partial charge in [-0.3, -0.25) is 4.79 Å². The van der Waals surface area contributed by atoms with Crippen molar-refractivity contribution >= 4 is 28.4 Å². The van der Waals surface area contributed by atoms with Crippen molar-refractivity contribution in [1.82, 2.24) is 4.98 Å². The Hall–Kier alpha value is -2.93. The summed E-state index contributed by atoms with van der Waals surface area (Å²) in [7, 11) is 0. The Morgan fingerprint density at radius 2 is 2.04 bits per heavy atom. The van der Waals surface area contributed by atoms with Crippen LogP contribution in [0.2, 0.25) is 0 Å². The molecule has 4 rings (SSSR count). The van der Waals surface area contributed by atoms with E-state index in [1.165, 1.54) is 6.07 Å². The zero-order valence-electron chi connectivity index (χ0n) is 14.3. The molecule has 1 fully saturated rings. The lowest BCUT2D eigenvalue weighted by Gasteiger charge is -2.28. The van der Waals surface area contributed by atoms with E-state index in [2.05, 4.69) is 15.2 Å². The second-order valence-electron chi connectivity index (χ2n) is 6.13. The van der Waals surface area contributed by atoms with Crippen LogP contribution >= 0.6 is 0 Å². The summed E-state index contributed by atoms with van der Waals surface area (Å²) in [4.78, 5) is 19.0. The van der Waals surface area contributed by atoms with Gasteiger partial charge in [0.15, 0.2) is 17.2 Å². The molecule has 1 saturated heterocycles. The molecule has 0 saturated carbocycles. The zero-order valence-corrected chi connectivity index (χ0v) is 14.3. The standard InChI is InChI=1S/C19H18FN3O3/c1-12-14-3-2-4-15(20)18(14)26-17(12)19(24)22-16-6-5-13(11-21-16)23-7-9-25-10-8-23/h2-6,11H,7-10H2,1H3,(H,21,22,24). The van der Waals surface area contributed by atoms with Crippen molar-refractivity contribution in [2.45, 2.75) is 6.92 Å². The fourth-order valence-electron chi connectivity index (χ4n) is 3.07. The highest BCUT2D eigenvalue weighted by atomic mass is 19.1. The number of aromatic nitrogens is 1. The minimum atomic E-state index is -0.488. The van der Waals surface area contributed by atoms with Crippen LogP contribution in [0.1, 0.15) is 16.1 Å². The van der Waals surface area contributed by atoms with E-state index >= 15 is 0 Å². The van der Waals surface area contributed by atoms with E-state index in [0.717, 1.165) is 18.8 Å². The van der Waals surface area contributed by atoms with E-state index in [1.54, 1.807) is 31.3 Å². The first-order valence-electron chi connectivity index (χ1n) is 8.41. The molecule has 1 aliphatic heterocycles. The normalized spacial score (nSPS) is 14.6. The van der Waals surface area contributed by atoms with Gasteiger partial charge in [0.25, 0.3) is 5.91 Å². The summed E-state index contributed by atoms with van der Waals surface area (Å²) < 4.78 is 24.6. The summed E-state index contributed by atoms with van der Waals surface area (Å²) in [5.74, 6) is -0.446. The van der Waals surface area contributed by atoms with Gasteiger partial charge in [-0.05, 0) is 25.1 Å². The molecule has 26 heavy (non-hydrogen) atoms. The van der Waals surface area contributed by atoms with Crippen molar-refractivity contribution in [3.8, 4) is 0 Å². The fraction of sp³-hybridized carbons (Fsp3) is 0.263. The molecular weight excluding hydrogens is 337 g/mol. The molecule has 6 nitrogen and oxygen atoms in total. The fourth-order valence-corrected chi connectivity index (χ4v) is 3.07. The SMILES string of the molecule is Cc1c(C(=O)Nc2ccc(N3CCOCC3)cn2)oc2c(F)cccc12. The van der Waals surface area contributed by atoms with Crippen LogP contribution in [-0.4, -0.2) is 37.2 Å². The molecule has 7 heteroatoms. The van der Waals surface area contributed by atoms with Gasteiger partial charge in [-0.25, -0.2) is 9.37 Å². The maximum absolute atomic E-state index is 13.8. The van der Waals surface area contributed by atoms with Gasteiger partial charge in [0, 0.05) is 24.0 Å². The summed E-state index contributed by atoms with van der Waals surface area (Å²) in [6.07, 6.45) is 1.71. The number of hydrogen-bond donors (Lipinski definition) is 1. The highest BCUT2D eigenvalue weighted by molar-refractivity contribution is 6.06. The van der Waals surface area contributed by atoms with Gasteiger partial charge in [-0.1, -0.05) is 12.1 Å². The number of furan rings is 1. The highest BCUT2D eigenvalue weighted by Gasteiger charge is 2.20. The number of nitrogens with one attached hydrogen (secondary N) is 1. The van der Waals surface area contributed by atoms with Crippen molar-refractivity contribution in [2.24, 2.45) is 0 Å². The molecular formula is C19H18FN3O3. The van der Waals surface area contributed by atoms with Crippen LogP contribution in [0.15, 0.2) is 40.9 Å². The number of aryl methyl sites for hydroxylation is 1.